The van der Waals surface area contributed by atoms with Crippen molar-refractivity contribution in [2.24, 2.45) is 0 Å². The molecule has 0 saturated carbocycles. The molecule has 0 aliphatic carbocycles. The quantitative estimate of drug-likeness (QED) is 0.417. The Hall–Kier alpha value is -2.71. The van der Waals surface area contributed by atoms with E-state index < -0.39 is 10.0 Å². The Morgan fingerprint density at radius 3 is 2.16 bits per heavy atom. The zero-order chi connectivity index (χ0) is 22.7. The molecule has 0 unspecified atom stereocenters. The lowest BCUT2D eigenvalue weighted by molar-refractivity contribution is 0.587. The van der Waals surface area contributed by atoms with E-state index in [1.54, 1.807) is 24.5 Å². The molecule has 2 aromatic carbocycles. The maximum atomic E-state index is 14.0. The zero-order valence-corrected chi connectivity index (χ0v) is 20.4. The zero-order valence-electron chi connectivity index (χ0n) is 18.0. The summed E-state index contributed by atoms with van der Waals surface area (Å²) < 4.78 is 30.2. The lowest BCUT2D eigenvalue weighted by atomic mass is 9.95. The van der Waals surface area contributed by atoms with E-state index in [1.807, 2.05) is 46.8 Å². The van der Waals surface area contributed by atoms with Crippen LogP contribution in [-0.2, 0) is 10.0 Å². The summed E-state index contributed by atoms with van der Waals surface area (Å²) in [4.78, 5) is 8.61. The van der Waals surface area contributed by atoms with Gasteiger partial charge in [-0.25, -0.2) is 22.4 Å². The van der Waals surface area contributed by atoms with Crippen molar-refractivity contribution in [3.8, 4) is 11.3 Å². The first-order chi connectivity index (χ1) is 14.5. The van der Waals surface area contributed by atoms with Crippen LogP contribution in [0, 0.1) is 34.6 Å². The topological polar surface area (TPSA) is 90.9 Å². The molecular formula is C23H23BrN4O2S. The molecule has 4 aromatic rings. The highest BCUT2D eigenvalue weighted by Gasteiger charge is 2.28. The van der Waals surface area contributed by atoms with Gasteiger partial charge < -0.3 is 5.73 Å². The second-order valence-corrected chi connectivity index (χ2v) is 10.4. The van der Waals surface area contributed by atoms with Crippen LogP contribution in [0.5, 0.6) is 0 Å². The van der Waals surface area contributed by atoms with E-state index in [9.17, 15) is 8.42 Å². The van der Waals surface area contributed by atoms with Crippen molar-refractivity contribution < 1.29 is 8.42 Å². The molecule has 2 heterocycles. The number of anilines is 1. The van der Waals surface area contributed by atoms with Crippen LogP contribution < -0.4 is 5.73 Å². The van der Waals surface area contributed by atoms with Gasteiger partial charge in [0.05, 0.1) is 16.1 Å². The first-order valence-corrected chi connectivity index (χ1v) is 12.0. The van der Waals surface area contributed by atoms with Gasteiger partial charge in [-0.1, -0.05) is 15.9 Å². The van der Waals surface area contributed by atoms with Gasteiger partial charge in [0.2, 0.25) is 5.95 Å². The Labute approximate surface area is 190 Å². The Kier molecular flexibility index (Phi) is 5.18. The van der Waals surface area contributed by atoms with Gasteiger partial charge in [-0.3, -0.25) is 0 Å². The number of halogens is 1. The standard InChI is InChI=1S/C23H23BrN4O2S/c1-12-13(2)15(4)22(16(5)14(12)3)31(29,30)28-11-19(20-8-9-26-23(25)27-20)18-10-17(24)6-7-21(18)28/h6-11H,1-5H3,(H2,25,26,27). The maximum absolute atomic E-state index is 14.0. The van der Waals surface area contributed by atoms with Gasteiger partial charge in [-0.15, -0.1) is 0 Å². The number of hydrogen-bond acceptors (Lipinski definition) is 5. The minimum absolute atomic E-state index is 0.132. The van der Waals surface area contributed by atoms with E-state index in [0.29, 0.717) is 21.7 Å². The van der Waals surface area contributed by atoms with Crippen LogP contribution in [0.3, 0.4) is 0 Å². The van der Waals surface area contributed by atoms with Crippen molar-refractivity contribution in [2.45, 2.75) is 39.5 Å². The summed E-state index contributed by atoms with van der Waals surface area (Å²) in [5, 5.41) is 0.756. The third-order valence-electron chi connectivity index (χ3n) is 6.13. The number of benzene rings is 2. The van der Waals surface area contributed by atoms with Crippen LogP contribution >= 0.6 is 15.9 Å². The molecule has 0 fully saturated rings. The van der Waals surface area contributed by atoms with Crippen molar-refractivity contribution in [1.82, 2.24) is 13.9 Å². The SMILES string of the molecule is Cc1c(C)c(C)c(S(=O)(=O)n2cc(-c3ccnc(N)n3)c3cc(Br)ccc32)c(C)c1C. The van der Waals surface area contributed by atoms with Crippen LogP contribution in [0.1, 0.15) is 27.8 Å². The fraction of sp³-hybridized carbons (Fsp3) is 0.217. The molecule has 0 amide bonds. The fourth-order valence-electron chi connectivity index (χ4n) is 4.05. The number of aromatic nitrogens is 3. The second kappa shape index (κ2) is 7.46. The molecule has 0 aliphatic rings. The number of fused-ring (bicyclic) bond motifs is 1. The van der Waals surface area contributed by atoms with Gasteiger partial charge in [0, 0.05) is 27.8 Å². The first-order valence-electron chi connectivity index (χ1n) is 9.76. The monoisotopic (exact) mass is 498 g/mol. The molecule has 6 nitrogen and oxygen atoms in total. The maximum Gasteiger partial charge on any atom is 0.268 e. The molecule has 0 saturated heterocycles. The van der Waals surface area contributed by atoms with Crippen LogP contribution in [-0.4, -0.2) is 22.4 Å². The molecular weight excluding hydrogens is 476 g/mol. The van der Waals surface area contributed by atoms with Gasteiger partial charge in [-0.2, -0.15) is 0 Å². The Bertz CT molecular complexity index is 1440. The largest absolute Gasteiger partial charge is 0.368 e. The van der Waals surface area contributed by atoms with Crippen LogP contribution in [0.15, 0.2) is 46.0 Å². The minimum atomic E-state index is -3.87. The predicted molar refractivity (Wildman–Crippen MR) is 128 cm³/mol. The summed E-state index contributed by atoms with van der Waals surface area (Å²) in [6.45, 7) is 9.71. The second-order valence-electron chi connectivity index (χ2n) is 7.76. The van der Waals surface area contributed by atoms with Crippen molar-refractivity contribution >= 4 is 42.8 Å². The number of nitrogens with two attached hydrogens (primary N) is 1. The van der Waals surface area contributed by atoms with Crippen LogP contribution in [0.25, 0.3) is 22.2 Å². The minimum Gasteiger partial charge on any atom is -0.368 e. The van der Waals surface area contributed by atoms with E-state index >= 15 is 0 Å². The number of nitrogen functional groups attached to an aromatic ring is 1. The van der Waals surface area contributed by atoms with Crippen molar-refractivity contribution in [2.75, 3.05) is 5.73 Å². The molecule has 0 spiro atoms. The molecule has 160 valence electrons. The van der Waals surface area contributed by atoms with Gasteiger partial charge >= 0.3 is 0 Å². The van der Waals surface area contributed by atoms with Crippen molar-refractivity contribution in [3.63, 3.8) is 0 Å². The molecule has 0 bridgehead atoms. The summed E-state index contributed by atoms with van der Waals surface area (Å²) >= 11 is 3.49. The van der Waals surface area contributed by atoms with E-state index in [4.69, 9.17) is 5.73 Å². The van der Waals surface area contributed by atoms with Crippen molar-refractivity contribution in [1.29, 1.82) is 0 Å². The Morgan fingerprint density at radius 1 is 0.935 bits per heavy atom. The summed E-state index contributed by atoms with van der Waals surface area (Å²) in [5.74, 6) is 0.132. The third kappa shape index (κ3) is 3.34. The lowest BCUT2D eigenvalue weighted by Gasteiger charge is -2.19. The first kappa shape index (κ1) is 21.5. The molecule has 2 aromatic heterocycles. The summed E-state index contributed by atoms with van der Waals surface area (Å²) in [6, 6.07) is 7.24. The molecule has 2 N–H and O–H groups in total. The van der Waals surface area contributed by atoms with Gasteiger partial charge in [0.15, 0.2) is 0 Å². The van der Waals surface area contributed by atoms with E-state index in [1.165, 1.54) is 3.97 Å². The normalized spacial score (nSPS) is 11.9. The van der Waals surface area contributed by atoms with Gasteiger partial charge in [-0.05, 0) is 86.7 Å². The lowest BCUT2D eigenvalue weighted by Crippen LogP contribution is -2.17. The molecule has 4 rings (SSSR count). The third-order valence-corrected chi connectivity index (χ3v) is 8.57. The Morgan fingerprint density at radius 2 is 1.55 bits per heavy atom. The van der Waals surface area contributed by atoms with Gasteiger partial charge in [0.25, 0.3) is 10.0 Å². The number of hydrogen-bond donors (Lipinski definition) is 1. The van der Waals surface area contributed by atoms with E-state index in [2.05, 4.69) is 25.9 Å². The number of nitrogens with zero attached hydrogens (tertiary/aromatic N) is 3. The molecule has 8 heteroatoms. The molecule has 0 atom stereocenters. The average molecular weight is 499 g/mol. The molecule has 31 heavy (non-hydrogen) atoms. The number of rotatable bonds is 3. The highest BCUT2D eigenvalue weighted by Crippen LogP contribution is 2.37. The average Bonchev–Trinajstić information content (AvgIpc) is 3.10. The highest BCUT2D eigenvalue weighted by molar-refractivity contribution is 9.10. The van der Waals surface area contributed by atoms with Crippen molar-refractivity contribution in [3.05, 3.63) is 68.9 Å². The molecule has 0 radical (unpaired) electrons. The summed E-state index contributed by atoms with van der Waals surface area (Å²) in [6.07, 6.45) is 3.19. The van der Waals surface area contributed by atoms with Crippen LogP contribution in [0.4, 0.5) is 5.95 Å². The molecule has 0 aliphatic heterocycles. The summed E-state index contributed by atoms with van der Waals surface area (Å²) in [5.41, 5.74) is 12.2. The Balaban J connectivity index is 2.09. The van der Waals surface area contributed by atoms with Crippen LogP contribution in [0.2, 0.25) is 0 Å². The smallest absolute Gasteiger partial charge is 0.268 e. The highest BCUT2D eigenvalue weighted by atomic mass is 79.9. The predicted octanol–water partition coefficient (Wildman–Crippen LogP) is 5.22. The fourth-order valence-corrected chi connectivity index (χ4v) is 6.35. The van der Waals surface area contributed by atoms with E-state index in [-0.39, 0.29) is 5.95 Å². The van der Waals surface area contributed by atoms with Gasteiger partial charge in [0.1, 0.15) is 0 Å². The summed E-state index contributed by atoms with van der Waals surface area (Å²) in [7, 11) is -3.87. The van der Waals surface area contributed by atoms with E-state index in [0.717, 1.165) is 37.7 Å².